The highest BCUT2D eigenvalue weighted by atomic mass is 35.5. The second-order valence-electron chi connectivity index (χ2n) is 6.78. The maximum absolute atomic E-state index is 12.7. The summed E-state index contributed by atoms with van der Waals surface area (Å²) in [5.74, 6) is 0.326. The molecule has 0 N–H and O–H groups in total. The van der Waals surface area contributed by atoms with Crippen LogP contribution in [0.25, 0.3) is 6.08 Å². The number of benzene rings is 2. The second-order valence-corrected chi connectivity index (χ2v) is 8.18. The van der Waals surface area contributed by atoms with Crippen LogP contribution >= 0.6 is 23.4 Å². The van der Waals surface area contributed by atoms with Crippen LogP contribution in [0.3, 0.4) is 0 Å². The number of halogens is 1. The van der Waals surface area contributed by atoms with Crippen molar-refractivity contribution >= 4 is 40.6 Å². The normalized spacial score (nSPS) is 16.7. The van der Waals surface area contributed by atoms with E-state index in [-0.39, 0.29) is 23.8 Å². The smallest absolute Gasteiger partial charge is 0.293 e. The molecule has 1 unspecified atom stereocenters. The molecule has 1 saturated heterocycles. The molecule has 6 heteroatoms. The largest absolute Gasteiger partial charge is 0.489 e. The van der Waals surface area contributed by atoms with E-state index in [1.807, 2.05) is 51.1 Å². The molecular weight excluding hydrogens is 394 g/mol. The number of hydrogen-bond acceptors (Lipinski definition) is 4. The van der Waals surface area contributed by atoms with Crippen LogP contribution in [0.15, 0.2) is 47.4 Å². The van der Waals surface area contributed by atoms with Gasteiger partial charge in [-0.3, -0.25) is 14.5 Å². The Morgan fingerprint density at radius 3 is 2.54 bits per heavy atom. The van der Waals surface area contributed by atoms with Crippen molar-refractivity contribution in [3.8, 4) is 5.75 Å². The predicted molar refractivity (Wildman–Crippen MR) is 115 cm³/mol. The molecule has 4 nitrogen and oxygen atoms in total. The summed E-state index contributed by atoms with van der Waals surface area (Å²) in [7, 11) is 0. The van der Waals surface area contributed by atoms with E-state index in [0.717, 1.165) is 34.9 Å². The van der Waals surface area contributed by atoms with Gasteiger partial charge in [0.1, 0.15) is 5.75 Å². The predicted octanol–water partition coefficient (Wildman–Crippen LogP) is 6.06. The van der Waals surface area contributed by atoms with Gasteiger partial charge in [0, 0.05) is 0 Å². The van der Waals surface area contributed by atoms with Crippen LogP contribution in [-0.2, 0) is 11.3 Å². The summed E-state index contributed by atoms with van der Waals surface area (Å²) >= 11 is 7.25. The minimum absolute atomic E-state index is 0.0709. The molecule has 1 heterocycles. The molecule has 0 spiro atoms. The highest BCUT2D eigenvalue weighted by Crippen LogP contribution is 2.34. The lowest BCUT2D eigenvalue weighted by molar-refractivity contribution is -0.123. The molecule has 0 radical (unpaired) electrons. The molecule has 0 aromatic heterocycles. The number of imide groups is 1. The molecule has 2 aromatic carbocycles. The van der Waals surface area contributed by atoms with Crippen molar-refractivity contribution in [2.24, 2.45) is 0 Å². The zero-order valence-corrected chi connectivity index (χ0v) is 17.6. The molecule has 1 fully saturated rings. The number of hydrogen-bond donors (Lipinski definition) is 0. The van der Waals surface area contributed by atoms with Crippen LogP contribution in [0.2, 0.25) is 5.02 Å². The number of aryl methyl sites for hydroxylation is 1. The van der Waals surface area contributed by atoms with Gasteiger partial charge in [0.05, 0.1) is 22.6 Å². The number of rotatable bonds is 6. The van der Waals surface area contributed by atoms with Crippen LogP contribution in [0.5, 0.6) is 5.75 Å². The molecule has 1 aliphatic heterocycles. The third kappa shape index (κ3) is 4.78. The summed E-state index contributed by atoms with van der Waals surface area (Å²) in [6.07, 6.45) is 2.65. The van der Waals surface area contributed by atoms with Crippen LogP contribution in [0.1, 0.15) is 37.0 Å². The fourth-order valence-corrected chi connectivity index (χ4v) is 3.74. The van der Waals surface area contributed by atoms with Gasteiger partial charge in [0.25, 0.3) is 11.1 Å². The molecular formula is C22H22ClNO3S. The van der Waals surface area contributed by atoms with E-state index < -0.39 is 0 Å². The molecule has 1 aliphatic rings. The second kappa shape index (κ2) is 8.84. The van der Waals surface area contributed by atoms with E-state index in [1.54, 1.807) is 18.2 Å². The van der Waals surface area contributed by atoms with Crippen molar-refractivity contribution < 1.29 is 14.3 Å². The Labute approximate surface area is 174 Å². The maximum Gasteiger partial charge on any atom is 0.293 e. The monoisotopic (exact) mass is 415 g/mol. The fraction of sp³-hybridized carbons (Fsp3) is 0.273. The summed E-state index contributed by atoms with van der Waals surface area (Å²) in [5.41, 5.74) is 2.81. The lowest BCUT2D eigenvalue weighted by Gasteiger charge is -2.14. The first kappa shape index (κ1) is 20.5. The third-order valence-corrected chi connectivity index (χ3v) is 5.69. The van der Waals surface area contributed by atoms with Crippen LogP contribution in [0.4, 0.5) is 4.79 Å². The van der Waals surface area contributed by atoms with Gasteiger partial charge >= 0.3 is 0 Å². The number of ether oxygens (including phenoxy) is 1. The Balaban J connectivity index is 1.76. The highest BCUT2D eigenvalue weighted by molar-refractivity contribution is 8.18. The molecule has 1 atom stereocenters. The molecule has 0 bridgehead atoms. The summed E-state index contributed by atoms with van der Waals surface area (Å²) in [6, 6.07) is 13.2. The van der Waals surface area contributed by atoms with Crippen LogP contribution in [-0.4, -0.2) is 22.2 Å². The van der Waals surface area contributed by atoms with Gasteiger partial charge in [0.2, 0.25) is 0 Å². The quantitative estimate of drug-likeness (QED) is 0.538. The Morgan fingerprint density at radius 2 is 1.89 bits per heavy atom. The lowest BCUT2D eigenvalue weighted by atomic mass is 10.1. The van der Waals surface area contributed by atoms with E-state index in [4.69, 9.17) is 16.3 Å². The van der Waals surface area contributed by atoms with Crippen molar-refractivity contribution in [3.63, 3.8) is 0 Å². The average molecular weight is 416 g/mol. The van der Waals surface area contributed by atoms with Crippen LogP contribution in [0, 0.1) is 6.92 Å². The van der Waals surface area contributed by atoms with E-state index in [2.05, 4.69) is 0 Å². The van der Waals surface area contributed by atoms with E-state index in [1.165, 1.54) is 4.90 Å². The molecule has 28 heavy (non-hydrogen) atoms. The number of nitrogens with zero attached hydrogens (tertiary/aromatic N) is 1. The zero-order valence-electron chi connectivity index (χ0n) is 16.1. The van der Waals surface area contributed by atoms with Crippen molar-refractivity contribution in [2.75, 3.05) is 0 Å². The number of thioether (sulfide) groups is 1. The van der Waals surface area contributed by atoms with Gasteiger partial charge in [-0.2, -0.15) is 0 Å². The first-order valence-electron chi connectivity index (χ1n) is 9.14. The van der Waals surface area contributed by atoms with Crippen molar-refractivity contribution in [1.29, 1.82) is 0 Å². The molecule has 2 amide bonds. The van der Waals surface area contributed by atoms with E-state index in [0.29, 0.717) is 15.7 Å². The standard InChI is InChI=1S/C22H22ClNO3S/c1-4-15(3)27-19-10-9-17(11-18(19)23)12-20-21(25)24(22(26)28-20)13-16-7-5-14(2)6-8-16/h5-12,15H,4,13H2,1-3H3. The number of amides is 2. The minimum atomic E-state index is -0.286. The van der Waals surface area contributed by atoms with Crippen molar-refractivity contribution in [3.05, 3.63) is 69.1 Å². The fourth-order valence-electron chi connectivity index (χ4n) is 2.67. The first-order chi connectivity index (χ1) is 13.4. The third-order valence-electron chi connectivity index (χ3n) is 4.49. The Morgan fingerprint density at radius 1 is 1.18 bits per heavy atom. The summed E-state index contributed by atoms with van der Waals surface area (Å²) in [5, 5.41) is 0.215. The maximum atomic E-state index is 12.7. The number of carbonyl (C=O) groups is 2. The summed E-state index contributed by atoms with van der Waals surface area (Å²) < 4.78 is 5.76. The van der Waals surface area contributed by atoms with E-state index >= 15 is 0 Å². The molecule has 3 rings (SSSR count). The Kier molecular flexibility index (Phi) is 6.47. The van der Waals surface area contributed by atoms with Gasteiger partial charge in [-0.15, -0.1) is 0 Å². The Hall–Kier alpha value is -2.24. The van der Waals surface area contributed by atoms with Crippen LogP contribution < -0.4 is 4.74 Å². The van der Waals surface area contributed by atoms with Gasteiger partial charge in [-0.25, -0.2) is 0 Å². The first-order valence-corrected chi connectivity index (χ1v) is 10.3. The summed E-state index contributed by atoms with van der Waals surface area (Å²) in [4.78, 5) is 26.7. The molecule has 2 aromatic rings. The minimum Gasteiger partial charge on any atom is -0.489 e. The molecule has 146 valence electrons. The van der Waals surface area contributed by atoms with E-state index in [9.17, 15) is 9.59 Å². The van der Waals surface area contributed by atoms with Crippen molar-refractivity contribution in [1.82, 2.24) is 4.90 Å². The van der Waals surface area contributed by atoms with Gasteiger partial charge in [0.15, 0.2) is 0 Å². The molecule has 0 aliphatic carbocycles. The van der Waals surface area contributed by atoms with Crippen molar-refractivity contribution in [2.45, 2.75) is 39.8 Å². The lowest BCUT2D eigenvalue weighted by Crippen LogP contribution is -2.27. The van der Waals surface area contributed by atoms with Gasteiger partial charge in [-0.05, 0) is 61.4 Å². The topological polar surface area (TPSA) is 46.6 Å². The average Bonchev–Trinajstić information content (AvgIpc) is 2.93. The van der Waals surface area contributed by atoms with Gasteiger partial charge in [-0.1, -0.05) is 54.4 Å². The Bertz CT molecular complexity index is 924. The van der Waals surface area contributed by atoms with Gasteiger partial charge < -0.3 is 4.74 Å². The highest BCUT2D eigenvalue weighted by Gasteiger charge is 2.34. The summed E-state index contributed by atoms with van der Waals surface area (Å²) in [6.45, 7) is 6.29. The zero-order chi connectivity index (χ0) is 20.3. The number of carbonyl (C=O) groups excluding carboxylic acids is 2. The molecule has 0 saturated carbocycles. The SMILES string of the molecule is CCC(C)Oc1ccc(C=C2SC(=O)N(Cc3ccc(C)cc3)C2=O)cc1Cl.